The van der Waals surface area contributed by atoms with Crippen LogP contribution in [-0.4, -0.2) is 51.7 Å². The number of nitrogens with one attached hydrogen (secondary N) is 2. The lowest BCUT2D eigenvalue weighted by molar-refractivity contribution is -0.121. The molecule has 2 heterocycles. The Kier molecular flexibility index (Phi) is 6.35. The molecule has 0 radical (unpaired) electrons. The molecule has 1 aromatic rings. The van der Waals surface area contributed by atoms with E-state index in [2.05, 4.69) is 19.9 Å². The highest BCUT2D eigenvalue weighted by Gasteiger charge is 2.21. The third-order valence-corrected chi connectivity index (χ3v) is 4.52. The Morgan fingerprint density at radius 1 is 1.43 bits per heavy atom. The fourth-order valence-corrected chi connectivity index (χ4v) is 3.15. The number of carbonyl (C=O) groups is 1. The summed E-state index contributed by atoms with van der Waals surface area (Å²) < 4.78 is 24.2. The third-order valence-electron chi connectivity index (χ3n) is 3.80. The van der Waals surface area contributed by atoms with Crippen LogP contribution in [0.15, 0.2) is 24.4 Å². The molecule has 0 aliphatic carbocycles. The molecule has 1 saturated heterocycles. The number of rotatable bonds is 7. The molecule has 1 aliphatic rings. The molecule has 1 unspecified atom stereocenters. The van der Waals surface area contributed by atoms with Crippen LogP contribution < -0.4 is 14.9 Å². The van der Waals surface area contributed by atoms with Crippen LogP contribution in [0.1, 0.15) is 19.3 Å². The molecule has 1 aromatic heterocycles. The van der Waals surface area contributed by atoms with E-state index < -0.39 is 10.0 Å². The van der Waals surface area contributed by atoms with Crippen molar-refractivity contribution in [3.05, 3.63) is 24.4 Å². The summed E-state index contributed by atoms with van der Waals surface area (Å²) in [5.41, 5.74) is 0. The highest BCUT2D eigenvalue weighted by atomic mass is 32.2. The van der Waals surface area contributed by atoms with Crippen molar-refractivity contribution in [3.8, 4) is 0 Å². The minimum absolute atomic E-state index is 0.129. The Bertz CT molecular complexity index is 606. The number of carbonyl (C=O) groups excluding carboxylic acids is 1. The fraction of sp³-hybridized carbons (Fsp3) is 0.600. The van der Waals surface area contributed by atoms with Crippen LogP contribution in [0, 0.1) is 5.92 Å². The minimum atomic E-state index is -3.24. The summed E-state index contributed by atoms with van der Waals surface area (Å²) in [7, 11) is -3.24. The van der Waals surface area contributed by atoms with Crippen LogP contribution in [0.4, 0.5) is 5.82 Å². The van der Waals surface area contributed by atoms with E-state index in [1.165, 1.54) is 0 Å². The van der Waals surface area contributed by atoms with Crippen molar-refractivity contribution in [2.75, 3.05) is 37.3 Å². The zero-order valence-corrected chi connectivity index (χ0v) is 14.2. The minimum Gasteiger partial charge on any atom is -0.356 e. The number of pyridine rings is 1. The molecule has 0 spiro atoms. The maximum absolute atomic E-state index is 11.8. The van der Waals surface area contributed by atoms with Crippen molar-refractivity contribution in [1.82, 2.24) is 15.0 Å². The second-order valence-corrected chi connectivity index (χ2v) is 7.70. The number of piperidine rings is 1. The number of aromatic nitrogens is 1. The lowest BCUT2D eigenvalue weighted by Crippen LogP contribution is -2.41. The van der Waals surface area contributed by atoms with Crippen molar-refractivity contribution >= 4 is 21.7 Å². The molecule has 1 aliphatic heterocycles. The SMILES string of the molecule is CS(=O)(=O)NCCC(=O)NCC1CCCN(c2ccccn2)C1. The highest BCUT2D eigenvalue weighted by Crippen LogP contribution is 2.20. The van der Waals surface area contributed by atoms with Gasteiger partial charge < -0.3 is 10.2 Å². The van der Waals surface area contributed by atoms with E-state index >= 15 is 0 Å². The summed E-state index contributed by atoms with van der Waals surface area (Å²) in [4.78, 5) is 18.4. The summed E-state index contributed by atoms with van der Waals surface area (Å²) in [6.45, 7) is 2.61. The largest absolute Gasteiger partial charge is 0.356 e. The van der Waals surface area contributed by atoms with Crippen molar-refractivity contribution in [1.29, 1.82) is 0 Å². The number of nitrogens with zero attached hydrogens (tertiary/aromatic N) is 2. The van der Waals surface area contributed by atoms with E-state index in [0.29, 0.717) is 12.5 Å². The molecule has 1 atom stereocenters. The molecule has 23 heavy (non-hydrogen) atoms. The van der Waals surface area contributed by atoms with Crippen molar-refractivity contribution in [3.63, 3.8) is 0 Å². The predicted molar refractivity (Wildman–Crippen MR) is 89.6 cm³/mol. The van der Waals surface area contributed by atoms with Crippen molar-refractivity contribution < 1.29 is 13.2 Å². The average molecular weight is 340 g/mol. The van der Waals surface area contributed by atoms with Gasteiger partial charge in [0.1, 0.15) is 5.82 Å². The van der Waals surface area contributed by atoms with Crippen LogP contribution in [0.3, 0.4) is 0 Å². The molecule has 7 nitrogen and oxygen atoms in total. The summed E-state index contributed by atoms with van der Waals surface area (Å²) in [6, 6.07) is 5.87. The molecular formula is C15H24N4O3S. The molecular weight excluding hydrogens is 316 g/mol. The normalized spacial score (nSPS) is 18.7. The number of sulfonamides is 1. The van der Waals surface area contributed by atoms with Gasteiger partial charge in [-0.15, -0.1) is 0 Å². The van der Waals surface area contributed by atoms with E-state index in [-0.39, 0.29) is 18.9 Å². The number of hydrogen-bond acceptors (Lipinski definition) is 5. The van der Waals surface area contributed by atoms with Crippen LogP contribution >= 0.6 is 0 Å². The second kappa shape index (κ2) is 8.26. The maximum Gasteiger partial charge on any atom is 0.221 e. The molecule has 1 amide bonds. The molecule has 128 valence electrons. The standard InChI is InChI=1S/C15H24N4O3S/c1-23(21,22)18-9-7-15(20)17-11-13-5-4-10-19(12-13)14-6-2-3-8-16-14/h2-3,6,8,13,18H,4-5,7,9-12H2,1H3,(H,17,20). The lowest BCUT2D eigenvalue weighted by atomic mass is 9.98. The topological polar surface area (TPSA) is 91.4 Å². The second-order valence-electron chi connectivity index (χ2n) is 5.86. The Morgan fingerprint density at radius 3 is 2.96 bits per heavy atom. The Hall–Kier alpha value is -1.67. The van der Waals surface area contributed by atoms with Gasteiger partial charge in [0.2, 0.25) is 15.9 Å². The summed E-state index contributed by atoms with van der Waals surface area (Å²) in [5.74, 6) is 1.23. The zero-order chi connectivity index (χ0) is 16.7. The first-order valence-electron chi connectivity index (χ1n) is 7.81. The first-order chi connectivity index (χ1) is 10.9. The zero-order valence-electron chi connectivity index (χ0n) is 13.4. The summed E-state index contributed by atoms with van der Waals surface area (Å²) >= 11 is 0. The Morgan fingerprint density at radius 2 is 2.26 bits per heavy atom. The summed E-state index contributed by atoms with van der Waals surface area (Å²) in [6.07, 6.45) is 5.18. The van der Waals surface area contributed by atoms with Crippen molar-refractivity contribution in [2.45, 2.75) is 19.3 Å². The van der Waals surface area contributed by atoms with Gasteiger partial charge in [-0.1, -0.05) is 6.07 Å². The molecule has 2 rings (SSSR count). The quantitative estimate of drug-likeness (QED) is 0.747. The van der Waals surface area contributed by atoms with Gasteiger partial charge in [0.05, 0.1) is 6.26 Å². The average Bonchev–Trinajstić information content (AvgIpc) is 2.53. The van der Waals surface area contributed by atoms with Gasteiger partial charge in [0, 0.05) is 38.8 Å². The molecule has 0 aromatic carbocycles. The third kappa shape index (κ3) is 6.54. The van der Waals surface area contributed by atoms with E-state index in [1.54, 1.807) is 6.20 Å². The van der Waals surface area contributed by atoms with Gasteiger partial charge in [0.25, 0.3) is 0 Å². The Labute approximate surface area is 137 Å². The van der Waals surface area contributed by atoms with Crippen LogP contribution in [-0.2, 0) is 14.8 Å². The molecule has 0 bridgehead atoms. The number of hydrogen-bond donors (Lipinski definition) is 2. The van der Waals surface area contributed by atoms with Gasteiger partial charge in [-0.05, 0) is 30.9 Å². The van der Waals surface area contributed by atoms with Crippen LogP contribution in [0.5, 0.6) is 0 Å². The molecule has 1 fully saturated rings. The van der Waals surface area contributed by atoms with Gasteiger partial charge in [-0.25, -0.2) is 18.1 Å². The smallest absolute Gasteiger partial charge is 0.221 e. The van der Waals surface area contributed by atoms with E-state index in [1.807, 2.05) is 18.2 Å². The van der Waals surface area contributed by atoms with Gasteiger partial charge >= 0.3 is 0 Å². The van der Waals surface area contributed by atoms with E-state index in [9.17, 15) is 13.2 Å². The monoisotopic (exact) mass is 340 g/mol. The first kappa shape index (κ1) is 17.7. The van der Waals surface area contributed by atoms with Crippen molar-refractivity contribution in [2.24, 2.45) is 5.92 Å². The molecule has 8 heteroatoms. The van der Waals surface area contributed by atoms with Crippen LogP contribution in [0.25, 0.3) is 0 Å². The van der Waals surface area contributed by atoms with Gasteiger partial charge in [-0.2, -0.15) is 0 Å². The maximum atomic E-state index is 11.8. The van der Waals surface area contributed by atoms with Gasteiger partial charge in [-0.3, -0.25) is 4.79 Å². The lowest BCUT2D eigenvalue weighted by Gasteiger charge is -2.33. The first-order valence-corrected chi connectivity index (χ1v) is 9.70. The molecule has 2 N–H and O–H groups in total. The Balaban J connectivity index is 1.72. The summed E-state index contributed by atoms with van der Waals surface area (Å²) in [5, 5.41) is 2.89. The number of amides is 1. The highest BCUT2D eigenvalue weighted by molar-refractivity contribution is 7.88. The van der Waals surface area contributed by atoms with E-state index in [4.69, 9.17) is 0 Å². The number of anilines is 1. The van der Waals surface area contributed by atoms with E-state index in [0.717, 1.165) is 38.0 Å². The predicted octanol–water partition coefficient (Wildman–Crippen LogP) is 0.354. The molecule has 0 saturated carbocycles. The van der Waals surface area contributed by atoms with Gasteiger partial charge in [0.15, 0.2) is 0 Å². The fourth-order valence-electron chi connectivity index (χ4n) is 2.68. The van der Waals surface area contributed by atoms with Crippen LogP contribution in [0.2, 0.25) is 0 Å².